The summed E-state index contributed by atoms with van der Waals surface area (Å²) in [4.78, 5) is 15.8. The number of aliphatic hydroxyl groups is 1. The molecule has 1 saturated heterocycles. The number of benzene rings is 2. The van der Waals surface area contributed by atoms with Crippen molar-refractivity contribution in [2.75, 3.05) is 31.6 Å². The lowest BCUT2D eigenvalue weighted by Crippen LogP contribution is -2.47. The van der Waals surface area contributed by atoms with E-state index in [0.717, 1.165) is 29.9 Å². The maximum Gasteiger partial charge on any atom is 0.320 e. The van der Waals surface area contributed by atoms with Crippen molar-refractivity contribution in [3.05, 3.63) is 71.3 Å². The third kappa shape index (κ3) is 5.87. The first kappa shape index (κ1) is 28.1. The fourth-order valence-electron chi connectivity index (χ4n) is 5.80. The largest absolute Gasteiger partial charge is 0.474 e. The Kier molecular flexibility index (Phi) is 8.16. The second-order valence-electron chi connectivity index (χ2n) is 11.7. The number of carbonyl (C=O) groups is 1. The number of anilines is 1. The van der Waals surface area contributed by atoms with Crippen LogP contribution >= 0.6 is 0 Å². The number of aromatic nitrogens is 2. The summed E-state index contributed by atoms with van der Waals surface area (Å²) in [6.45, 7) is 13.2. The lowest BCUT2D eigenvalue weighted by atomic mass is 9.70. The number of fused-ring (bicyclic) bond motifs is 1. The van der Waals surface area contributed by atoms with Crippen LogP contribution in [0, 0.1) is 6.92 Å². The number of hydrogen-bond acceptors (Lipinski definition) is 6. The summed E-state index contributed by atoms with van der Waals surface area (Å²) >= 11 is 0. The highest BCUT2D eigenvalue weighted by Gasteiger charge is 2.39. The van der Waals surface area contributed by atoms with Crippen molar-refractivity contribution in [1.82, 2.24) is 20.0 Å². The molecule has 3 atom stereocenters. The van der Waals surface area contributed by atoms with Gasteiger partial charge in [-0.3, -0.25) is 10.2 Å². The van der Waals surface area contributed by atoms with E-state index in [1.165, 1.54) is 0 Å². The fourth-order valence-corrected chi connectivity index (χ4v) is 5.80. The molecule has 0 spiro atoms. The first-order chi connectivity index (χ1) is 19.1. The van der Waals surface area contributed by atoms with Gasteiger partial charge in [0.1, 0.15) is 18.5 Å². The normalized spacial score (nSPS) is 22.5. The molecule has 2 aromatic carbocycles. The monoisotopic (exact) mass is 547 g/mol. The van der Waals surface area contributed by atoms with Crippen LogP contribution in [0.3, 0.4) is 0 Å². The number of nitrogens with one attached hydrogen (secondary N) is 2. The number of ether oxygens (including phenoxy) is 2. The van der Waals surface area contributed by atoms with Crippen molar-refractivity contribution in [2.24, 2.45) is 0 Å². The number of aliphatic hydroxyl groups excluding tert-OH is 1. The molecule has 40 heavy (non-hydrogen) atoms. The number of carbonyl (C=O) groups excluding carboxylic acids is 1. The first-order valence-electron chi connectivity index (χ1n) is 14.1. The van der Waals surface area contributed by atoms with Crippen LogP contribution in [0.5, 0.6) is 5.88 Å². The van der Waals surface area contributed by atoms with E-state index < -0.39 is 18.2 Å². The zero-order valence-electron chi connectivity index (χ0n) is 24.1. The zero-order valence-corrected chi connectivity index (χ0v) is 24.1. The van der Waals surface area contributed by atoms with Gasteiger partial charge in [0, 0.05) is 19.1 Å². The molecule has 1 aromatic heterocycles. The zero-order chi connectivity index (χ0) is 28.4. The minimum atomic E-state index is -0.712. The molecule has 2 aliphatic rings. The van der Waals surface area contributed by atoms with Crippen molar-refractivity contribution in [1.29, 1.82) is 0 Å². The maximum atomic E-state index is 13.4. The summed E-state index contributed by atoms with van der Waals surface area (Å²) in [6.07, 6.45) is -0.226. The molecule has 0 radical (unpaired) electrons. The summed E-state index contributed by atoms with van der Waals surface area (Å²) in [5, 5.41) is 21.7. The Morgan fingerprint density at radius 2 is 1.90 bits per heavy atom. The molecule has 5 rings (SSSR count). The number of para-hydroxylation sites is 1. The molecule has 9 heteroatoms. The van der Waals surface area contributed by atoms with Gasteiger partial charge in [-0.15, -0.1) is 5.10 Å². The second-order valence-corrected chi connectivity index (χ2v) is 11.7. The average molecular weight is 548 g/mol. The van der Waals surface area contributed by atoms with Crippen molar-refractivity contribution in [3.8, 4) is 11.6 Å². The standard InChI is InChI=1S/C31H41N5O4/c1-20(2)35-15-16-39-23(18-35)19-40-29-21(3)28(36(34-29)22-11-7-6-8-12-22)33-30(38)32-27-24-13-9-10-14-25(24)31(4,5)17-26(27)37/h6-14,20,23,26-27,37H,15-19H2,1-5H3,(H2,32,33,38)/t23-,26-,27-/m1/s1. The van der Waals surface area contributed by atoms with E-state index in [9.17, 15) is 9.90 Å². The van der Waals surface area contributed by atoms with Gasteiger partial charge >= 0.3 is 6.03 Å². The lowest BCUT2D eigenvalue weighted by Gasteiger charge is -2.40. The highest BCUT2D eigenvalue weighted by Crippen LogP contribution is 2.41. The van der Waals surface area contributed by atoms with Crippen LogP contribution < -0.4 is 15.4 Å². The minimum Gasteiger partial charge on any atom is -0.474 e. The van der Waals surface area contributed by atoms with Crippen molar-refractivity contribution < 1.29 is 19.4 Å². The molecule has 1 aliphatic heterocycles. The number of nitrogens with zero attached hydrogens (tertiary/aromatic N) is 3. The molecular weight excluding hydrogens is 506 g/mol. The van der Waals surface area contributed by atoms with Gasteiger partial charge < -0.3 is 19.9 Å². The summed E-state index contributed by atoms with van der Waals surface area (Å²) in [7, 11) is 0. The summed E-state index contributed by atoms with van der Waals surface area (Å²) in [5.74, 6) is 0.945. The lowest BCUT2D eigenvalue weighted by molar-refractivity contribution is -0.0571. The molecule has 2 amide bonds. The Bertz CT molecular complexity index is 1320. The van der Waals surface area contributed by atoms with E-state index >= 15 is 0 Å². The maximum absolute atomic E-state index is 13.4. The Labute approximate surface area is 236 Å². The number of hydrogen-bond donors (Lipinski definition) is 3. The third-order valence-electron chi connectivity index (χ3n) is 8.03. The molecule has 9 nitrogen and oxygen atoms in total. The Morgan fingerprint density at radius 1 is 1.18 bits per heavy atom. The van der Waals surface area contributed by atoms with Crippen LogP contribution in [0.4, 0.5) is 10.6 Å². The minimum absolute atomic E-state index is 0.0609. The van der Waals surface area contributed by atoms with Gasteiger partial charge in [-0.05, 0) is 55.9 Å². The number of amides is 2. The van der Waals surface area contributed by atoms with Crippen molar-refractivity contribution in [3.63, 3.8) is 0 Å². The van der Waals surface area contributed by atoms with Crippen LogP contribution in [0.25, 0.3) is 5.69 Å². The Hall–Kier alpha value is -3.40. The number of urea groups is 1. The Morgan fingerprint density at radius 3 is 2.65 bits per heavy atom. The van der Waals surface area contributed by atoms with E-state index in [1.54, 1.807) is 4.68 Å². The predicted molar refractivity (Wildman–Crippen MR) is 155 cm³/mol. The SMILES string of the molecule is Cc1c(OC[C@H]2CN(C(C)C)CCO2)nn(-c2ccccc2)c1NC(=O)N[C@@H]1c2ccccc2C(C)(C)C[C@H]1O. The van der Waals surface area contributed by atoms with Gasteiger partial charge in [0.25, 0.3) is 0 Å². The fraction of sp³-hybridized carbons (Fsp3) is 0.484. The van der Waals surface area contributed by atoms with Crippen LogP contribution in [0.15, 0.2) is 54.6 Å². The Balaban J connectivity index is 1.36. The highest BCUT2D eigenvalue weighted by atomic mass is 16.5. The molecule has 1 aliphatic carbocycles. The molecule has 2 heterocycles. The molecule has 0 bridgehead atoms. The van der Waals surface area contributed by atoms with E-state index in [4.69, 9.17) is 14.6 Å². The van der Waals surface area contributed by atoms with Gasteiger partial charge in [-0.1, -0.05) is 56.3 Å². The van der Waals surface area contributed by atoms with Gasteiger partial charge in [0.15, 0.2) is 0 Å². The highest BCUT2D eigenvalue weighted by molar-refractivity contribution is 5.90. The smallest absolute Gasteiger partial charge is 0.320 e. The van der Waals surface area contributed by atoms with E-state index in [2.05, 4.69) is 49.3 Å². The average Bonchev–Trinajstić information content (AvgIpc) is 3.25. The van der Waals surface area contributed by atoms with Crippen LogP contribution in [-0.4, -0.2) is 70.4 Å². The molecule has 3 N–H and O–H groups in total. The third-order valence-corrected chi connectivity index (χ3v) is 8.03. The summed E-state index contributed by atoms with van der Waals surface area (Å²) in [5.41, 5.74) is 3.38. The van der Waals surface area contributed by atoms with Gasteiger partial charge in [0.05, 0.1) is 30.0 Å². The van der Waals surface area contributed by atoms with Crippen LogP contribution in [-0.2, 0) is 10.2 Å². The van der Waals surface area contributed by atoms with Crippen LogP contribution in [0.2, 0.25) is 0 Å². The first-order valence-corrected chi connectivity index (χ1v) is 14.1. The molecule has 0 unspecified atom stereocenters. The molecule has 0 saturated carbocycles. The predicted octanol–water partition coefficient (Wildman–Crippen LogP) is 4.57. The molecule has 1 fully saturated rings. The molecule has 214 valence electrons. The van der Waals surface area contributed by atoms with Gasteiger partial charge in [-0.25, -0.2) is 9.48 Å². The van der Waals surface area contributed by atoms with Crippen LogP contribution in [0.1, 0.15) is 56.8 Å². The second kappa shape index (κ2) is 11.6. The molecule has 3 aromatic rings. The van der Waals surface area contributed by atoms with Gasteiger partial charge in [-0.2, -0.15) is 0 Å². The van der Waals surface area contributed by atoms with Crippen molar-refractivity contribution in [2.45, 2.75) is 70.7 Å². The summed E-state index contributed by atoms with van der Waals surface area (Å²) in [6, 6.07) is 17.1. The van der Waals surface area contributed by atoms with Crippen molar-refractivity contribution >= 4 is 11.8 Å². The van der Waals surface area contributed by atoms with E-state index in [0.29, 0.717) is 42.9 Å². The number of rotatable bonds is 7. The number of morpholine rings is 1. The van der Waals surface area contributed by atoms with E-state index in [-0.39, 0.29) is 11.5 Å². The quantitative estimate of drug-likeness (QED) is 0.401. The molecular formula is C31H41N5O4. The van der Waals surface area contributed by atoms with E-state index in [1.807, 2.05) is 55.5 Å². The topological polar surface area (TPSA) is 101 Å². The van der Waals surface area contributed by atoms with Gasteiger partial charge in [0.2, 0.25) is 5.88 Å². The summed E-state index contributed by atoms with van der Waals surface area (Å²) < 4.78 is 13.8.